The molecule has 5 rings (SSSR count). The molecule has 3 N–H and O–H groups in total. The summed E-state index contributed by atoms with van der Waals surface area (Å²) < 4.78 is 6.06. The number of rotatable bonds is 1. The Morgan fingerprint density at radius 3 is 2.64 bits per heavy atom. The number of carbonyl (C=O) groups excluding carboxylic acids is 2. The van der Waals surface area contributed by atoms with E-state index in [2.05, 4.69) is 13.8 Å². The molecule has 25 heavy (non-hydrogen) atoms. The van der Waals surface area contributed by atoms with Crippen molar-refractivity contribution in [3.8, 4) is 0 Å². The summed E-state index contributed by atoms with van der Waals surface area (Å²) in [6, 6.07) is 0. The third-order valence-electron chi connectivity index (χ3n) is 9.29. The monoisotopic (exact) mass is 347 g/mol. The second-order valence-corrected chi connectivity index (χ2v) is 9.92. The van der Waals surface area contributed by atoms with Crippen LogP contribution in [0.1, 0.15) is 58.8 Å². The first-order chi connectivity index (χ1) is 11.7. The topological polar surface area (TPSA) is 92.9 Å². The van der Waals surface area contributed by atoms with E-state index in [-0.39, 0.29) is 28.3 Å². The summed E-state index contributed by atoms with van der Waals surface area (Å²) in [4.78, 5) is 24.5. The number of fused-ring (bicyclic) bond motifs is 4. The van der Waals surface area contributed by atoms with Gasteiger partial charge in [0.05, 0.1) is 12.0 Å². The molecule has 0 radical (unpaired) electrons. The van der Waals surface area contributed by atoms with Crippen molar-refractivity contribution in [3.05, 3.63) is 0 Å². The maximum Gasteiger partial charge on any atom is 0.228 e. The molecule has 1 aliphatic heterocycles. The molecule has 9 atom stereocenters. The van der Waals surface area contributed by atoms with Gasteiger partial charge in [-0.05, 0) is 68.1 Å². The molecule has 5 fully saturated rings. The summed E-state index contributed by atoms with van der Waals surface area (Å²) in [6.07, 6.45) is 6.05. The van der Waals surface area contributed by atoms with Crippen molar-refractivity contribution in [2.75, 3.05) is 0 Å². The van der Waals surface area contributed by atoms with Gasteiger partial charge in [-0.15, -0.1) is 0 Å². The third kappa shape index (κ3) is 1.72. The highest BCUT2D eigenvalue weighted by Gasteiger charge is 2.78. The number of carbonyl (C=O) groups is 2. The van der Waals surface area contributed by atoms with Crippen LogP contribution < -0.4 is 5.73 Å². The van der Waals surface area contributed by atoms with Gasteiger partial charge in [-0.3, -0.25) is 9.59 Å². The Balaban J connectivity index is 1.52. The number of Topliss-reactive ketones (excluding diaryl/α,β-unsaturated/α-hetero) is 1. The molecule has 4 aliphatic carbocycles. The van der Waals surface area contributed by atoms with E-state index in [9.17, 15) is 14.7 Å². The zero-order chi connectivity index (χ0) is 17.8. The van der Waals surface area contributed by atoms with Gasteiger partial charge in [0.2, 0.25) is 5.91 Å². The van der Waals surface area contributed by atoms with Crippen LogP contribution >= 0.6 is 0 Å². The van der Waals surface area contributed by atoms with Crippen molar-refractivity contribution in [2.24, 2.45) is 40.2 Å². The molecule has 1 unspecified atom stereocenters. The molecule has 0 aromatic heterocycles. The molecule has 1 saturated heterocycles. The van der Waals surface area contributed by atoms with Gasteiger partial charge in [-0.25, -0.2) is 0 Å². The van der Waals surface area contributed by atoms with Crippen molar-refractivity contribution >= 4 is 11.7 Å². The fourth-order valence-corrected chi connectivity index (χ4v) is 7.79. The Morgan fingerprint density at radius 2 is 1.92 bits per heavy atom. The van der Waals surface area contributed by atoms with Crippen LogP contribution in [0.2, 0.25) is 0 Å². The summed E-state index contributed by atoms with van der Waals surface area (Å²) >= 11 is 0. The molecule has 4 saturated carbocycles. The van der Waals surface area contributed by atoms with E-state index in [0.29, 0.717) is 24.2 Å². The highest BCUT2D eigenvalue weighted by atomic mass is 16.6. The van der Waals surface area contributed by atoms with Gasteiger partial charge in [0.15, 0.2) is 5.78 Å². The third-order valence-corrected chi connectivity index (χ3v) is 9.29. The van der Waals surface area contributed by atoms with Gasteiger partial charge in [0.25, 0.3) is 0 Å². The van der Waals surface area contributed by atoms with E-state index >= 15 is 0 Å². The molecule has 0 aromatic carbocycles. The Labute approximate surface area is 148 Å². The fourth-order valence-electron chi connectivity index (χ4n) is 7.79. The predicted octanol–water partition coefficient (Wildman–Crippen LogP) is 1.80. The summed E-state index contributed by atoms with van der Waals surface area (Å²) in [6.45, 7) is 4.52. The Kier molecular flexibility index (Phi) is 3.03. The van der Waals surface area contributed by atoms with Gasteiger partial charge < -0.3 is 15.6 Å². The number of primary amides is 1. The first-order valence-corrected chi connectivity index (χ1v) is 9.93. The van der Waals surface area contributed by atoms with Gasteiger partial charge in [-0.1, -0.05) is 13.8 Å². The molecule has 0 aromatic rings. The SMILES string of the molecule is C[C@]12CC[C@H]3[C@@H](CC[C@@]45O[C@@H]4C(=O)C(C(N)=O)C[C@]35C)[C@@H]1CC[C@@H]2O. The molecule has 1 spiro atoms. The Bertz CT molecular complexity index is 664. The number of ketones is 1. The molecular formula is C20H29NO4. The minimum absolute atomic E-state index is 0.0411. The van der Waals surface area contributed by atoms with Crippen LogP contribution in [-0.2, 0) is 14.3 Å². The number of aliphatic hydroxyl groups excluding tert-OH is 1. The van der Waals surface area contributed by atoms with Gasteiger partial charge in [-0.2, -0.15) is 0 Å². The van der Waals surface area contributed by atoms with E-state index in [1.807, 2.05) is 0 Å². The number of hydrogen-bond donors (Lipinski definition) is 2. The smallest absolute Gasteiger partial charge is 0.228 e. The number of amides is 1. The average molecular weight is 347 g/mol. The maximum atomic E-state index is 12.6. The largest absolute Gasteiger partial charge is 0.393 e. The van der Waals surface area contributed by atoms with E-state index in [4.69, 9.17) is 10.5 Å². The Morgan fingerprint density at radius 1 is 1.16 bits per heavy atom. The van der Waals surface area contributed by atoms with Crippen LogP contribution in [0.3, 0.4) is 0 Å². The summed E-state index contributed by atoms with van der Waals surface area (Å²) in [5.41, 5.74) is 5.11. The second kappa shape index (κ2) is 4.66. The predicted molar refractivity (Wildman–Crippen MR) is 90.3 cm³/mol. The lowest BCUT2D eigenvalue weighted by Crippen LogP contribution is -2.61. The lowest BCUT2D eigenvalue weighted by atomic mass is 9.44. The minimum atomic E-state index is -0.688. The first kappa shape index (κ1) is 16.2. The normalized spacial score (nSPS) is 59.4. The number of ether oxygens (including phenoxy) is 1. The van der Waals surface area contributed by atoms with Crippen molar-refractivity contribution < 1.29 is 19.4 Å². The maximum absolute atomic E-state index is 12.6. The zero-order valence-electron chi connectivity index (χ0n) is 15.2. The number of aliphatic hydroxyl groups is 1. The molecule has 1 heterocycles. The number of hydrogen-bond acceptors (Lipinski definition) is 4. The fraction of sp³-hybridized carbons (Fsp3) is 0.900. The van der Waals surface area contributed by atoms with Gasteiger partial charge in [0, 0.05) is 5.41 Å². The highest BCUT2D eigenvalue weighted by Crippen LogP contribution is 2.72. The molecular weight excluding hydrogens is 318 g/mol. The molecule has 0 bridgehead atoms. The van der Waals surface area contributed by atoms with Crippen LogP contribution in [0.4, 0.5) is 0 Å². The quantitative estimate of drug-likeness (QED) is 0.559. The minimum Gasteiger partial charge on any atom is -0.393 e. The van der Waals surface area contributed by atoms with E-state index in [0.717, 1.165) is 38.5 Å². The summed E-state index contributed by atoms with van der Waals surface area (Å²) in [7, 11) is 0. The molecule has 1 amide bonds. The van der Waals surface area contributed by atoms with E-state index in [1.165, 1.54) is 0 Å². The van der Waals surface area contributed by atoms with E-state index < -0.39 is 17.9 Å². The highest BCUT2D eigenvalue weighted by molar-refractivity contribution is 6.05. The molecule has 5 nitrogen and oxygen atoms in total. The van der Waals surface area contributed by atoms with Gasteiger partial charge >= 0.3 is 0 Å². The van der Waals surface area contributed by atoms with Crippen LogP contribution in [0.25, 0.3) is 0 Å². The van der Waals surface area contributed by atoms with Crippen LogP contribution in [0.5, 0.6) is 0 Å². The average Bonchev–Trinajstić information content (AvgIpc) is 3.23. The zero-order valence-corrected chi connectivity index (χ0v) is 15.2. The van der Waals surface area contributed by atoms with Crippen molar-refractivity contribution in [1.82, 2.24) is 0 Å². The first-order valence-electron chi connectivity index (χ1n) is 9.93. The number of epoxide rings is 1. The van der Waals surface area contributed by atoms with Crippen LogP contribution in [0.15, 0.2) is 0 Å². The van der Waals surface area contributed by atoms with E-state index in [1.54, 1.807) is 0 Å². The van der Waals surface area contributed by atoms with Crippen molar-refractivity contribution in [2.45, 2.75) is 76.6 Å². The van der Waals surface area contributed by atoms with Gasteiger partial charge in [0.1, 0.15) is 11.7 Å². The standard InChI is InChI=1S/C20H29NO4/c1-18-7-6-13-10(12(18)3-4-14(18)22)5-8-20-16(25-20)15(23)11(17(21)24)9-19(13,20)2/h10-14,16,22H,3-9H2,1-2H3,(H2,21,24)/t10-,11?,12-,13-,14-,16+,18-,19+,20+/m0/s1. The summed E-state index contributed by atoms with van der Waals surface area (Å²) in [5, 5.41) is 10.5. The lowest BCUT2D eigenvalue weighted by molar-refractivity contribution is -0.147. The van der Waals surface area contributed by atoms with Crippen LogP contribution in [0, 0.1) is 34.5 Å². The molecule has 5 aliphatic rings. The van der Waals surface area contributed by atoms with Crippen molar-refractivity contribution in [1.29, 1.82) is 0 Å². The molecule has 5 heteroatoms. The Hall–Kier alpha value is -0.940. The van der Waals surface area contributed by atoms with Crippen molar-refractivity contribution in [3.63, 3.8) is 0 Å². The molecule has 138 valence electrons. The number of nitrogens with two attached hydrogens (primary N) is 1. The van der Waals surface area contributed by atoms with Crippen LogP contribution in [-0.4, -0.2) is 34.6 Å². The second-order valence-electron chi connectivity index (χ2n) is 9.92. The summed E-state index contributed by atoms with van der Waals surface area (Å²) in [5.74, 6) is 0.321. The lowest BCUT2D eigenvalue weighted by Gasteiger charge is -2.59.